The van der Waals surface area contributed by atoms with Crippen molar-refractivity contribution in [3.8, 4) is 0 Å². The van der Waals surface area contributed by atoms with Crippen molar-refractivity contribution in [1.29, 1.82) is 0 Å². The zero-order valence-electron chi connectivity index (χ0n) is 10.8. The number of aryl methyl sites for hydroxylation is 1. The highest BCUT2D eigenvalue weighted by molar-refractivity contribution is 5.42. The summed E-state index contributed by atoms with van der Waals surface area (Å²) in [6.07, 6.45) is 1.03. The lowest BCUT2D eigenvalue weighted by Crippen LogP contribution is -2.02. The van der Waals surface area contributed by atoms with Gasteiger partial charge in [-0.2, -0.15) is 0 Å². The Morgan fingerprint density at radius 1 is 0.882 bits per heavy atom. The minimum Gasteiger partial charge on any atom is -0.0622 e. The second-order valence-electron chi connectivity index (χ2n) is 4.69. The van der Waals surface area contributed by atoms with Crippen LogP contribution in [0.5, 0.6) is 0 Å². The van der Waals surface area contributed by atoms with E-state index in [0.29, 0.717) is 0 Å². The smallest absolute Gasteiger partial charge is 0.00652 e. The van der Waals surface area contributed by atoms with Gasteiger partial charge < -0.3 is 0 Å². The number of hydrogen-bond donors (Lipinski definition) is 0. The van der Waals surface area contributed by atoms with Crippen molar-refractivity contribution < 1.29 is 0 Å². The van der Waals surface area contributed by atoms with E-state index in [1.165, 1.54) is 28.2 Å². The van der Waals surface area contributed by atoms with Crippen molar-refractivity contribution in [2.45, 2.75) is 27.2 Å². The molecule has 0 heteroatoms. The van der Waals surface area contributed by atoms with Crippen molar-refractivity contribution in [2.75, 3.05) is 0 Å². The van der Waals surface area contributed by atoms with Gasteiger partial charge in [-0.05, 0) is 42.5 Å². The number of benzene rings is 2. The van der Waals surface area contributed by atoms with E-state index >= 15 is 0 Å². The highest BCUT2D eigenvalue weighted by Gasteiger charge is 2.10. The molecule has 2 aromatic carbocycles. The molecule has 1 radical (unpaired) electrons. The van der Waals surface area contributed by atoms with Gasteiger partial charge in [-0.1, -0.05) is 55.5 Å². The maximum absolute atomic E-state index is 2.23. The summed E-state index contributed by atoms with van der Waals surface area (Å²) in [4.78, 5) is 0. The Hall–Kier alpha value is -1.56. The van der Waals surface area contributed by atoms with E-state index in [-0.39, 0.29) is 0 Å². The third-order valence-electron chi connectivity index (χ3n) is 3.38. The SMILES string of the molecule is C[C](Cc1ccccc1)c1cccc(C)c1C. The molecule has 0 bridgehead atoms. The van der Waals surface area contributed by atoms with Crippen LogP contribution in [0.3, 0.4) is 0 Å². The Morgan fingerprint density at radius 3 is 2.29 bits per heavy atom. The van der Waals surface area contributed by atoms with Gasteiger partial charge in [0.15, 0.2) is 0 Å². The molecule has 87 valence electrons. The molecule has 0 aromatic heterocycles. The van der Waals surface area contributed by atoms with Gasteiger partial charge in [-0.3, -0.25) is 0 Å². The van der Waals surface area contributed by atoms with Crippen molar-refractivity contribution >= 4 is 0 Å². The quantitative estimate of drug-likeness (QED) is 0.719. The van der Waals surface area contributed by atoms with Crippen molar-refractivity contribution in [3.05, 3.63) is 76.7 Å². The Bertz CT molecular complexity index is 483. The monoisotopic (exact) mass is 223 g/mol. The first-order valence-electron chi connectivity index (χ1n) is 6.11. The number of hydrogen-bond acceptors (Lipinski definition) is 0. The van der Waals surface area contributed by atoms with E-state index in [9.17, 15) is 0 Å². The molecule has 0 unspecified atom stereocenters. The summed E-state index contributed by atoms with van der Waals surface area (Å²) in [5.74, 6) is 1.44. The van der Waals surface area contributed by atoms with Crippen LogP contribution in [0.15, 0.2) is 48.5 Å². The molecule has 0 aliphatic heterocycles. The normalized spacial score (nSPS) is 10.8. The second-order valence-corrected chi connectivity index (χ2v) is 4.69. The summed E-state index contributed by atoms with van der Waals surface area (Å²) in [6, 6.07) is 17.2. The minimum absolute atomic E-state index is 1.03. The Balaban J connectivity index is 2.20. The van der Waals surface area contributed by atoms with Crippen molar-refractivity contribution in [3.63, 3.8) is 0 Å². The second kappa shape index (κ2) is 5.18. The third-order valence-corrected chi connectivity index (χ3v) is 3.38. The lowest BCUT2D eigenvalue weighted by molar-refractivity contribution is 0.979. The molecule has 0 amide bonds. The lowest BCUT2D eigenvalue weighted by Gasteiger charge is -2.15. The van der Waals surface area contributed by atoms with E-state index in [1.54, 1.807) is 0 Å². The van der Waals surface area contributed by atoms with E-state index in [4.69, 9.17) is 0 Å². The summed E-state index contributed by atoms with van der Waals surface area (Å²) in [6.45, 7) is 6.61. The average molecular weight is 223 g/mol. The summed E-state index contributed by atoms with van der Waals surface area (Å²) < 4.78 is 0. The van der Waals surface area contributed by atoms with Crippen LogP contribution >= 0.6 is 0 Å². The molecule has 2 rings (SSSR count). The van der Waals surface area contributed by atoms with Crippen LogP contribution in [-0.2, 0) is 6.42 Å². The molecule has 0 atom stereocenters. The van der Waals surface area contributed by atoms with Gasteiger partial charge in [0, 0.05) is 5.92 Å². The molecule has 0 saturated heterocycles. The maximum atomic E-state index is 2.23. The van der Waals surface area contributed by atoms with Crippen LogP contribution in [0.25, 0.3) is 0 Å². The summed E-state index contributed by atoms with van der Waals surface area (Å²) in [5.41, 5.74) is 5.55. The first kappa shape index (κ1) is 11.9. The molecule has 0 heterocycles. The molecular weight excluding hydrogens is 204 g/mol. The zero-order chi connectivity index (χ0) is 12.3. The molecular formula is C17H19. The Kier molecular flexibility index (Phi) is 3.63. The van der Waals surface area contributed by atoms with Crippen molar-refractivity contribution in [1.82, 2.24) is 0 Å². The van der Waals surface area contributed by atoms with Gasteiger partial charge in [0.1, 0.15) is 0 Å². The fraction of sp³-hybridized carbons (Fsp3) is 0.235. The van der Waals surface area contributed by atoms with E-state index in [1.807, 2.05) is 0 Å². The molecule has 0 fully saturated rings. The molecule has 0 nitrogen and oxygen atoms in total. The minimum atomic E-state index is 1.03. The van der Waals surface area contributed by atoms with Gasteiger partial charge in [0.25, 0.3) is 0 Å². The average Bonchev–Trinajstić information content (AvgIpc) is 2.34. The summed E-state index contributed by atoms with van der Waals surface area (Å²) in [7, 11) is 0. The Labute approximate surface area is 104 Å². The predicted molar refractivity (Wildman–Crippen MR) is 74.1 cm³/mol. The van der Waals surface area contributed by atoms with Crippen LogP contribution in [0.4, 0.5) is 0 Å². The topological polar surface area (TPSA) is 0 Å². The fourth-order valence-corrected chi connectivity index (χ4v) is 2.21. The van der Waals surface area contributed by atoms with Gasteiger partial charge in [-0.25, -0.2) is 0 Å². The predicted octanol–water partition coefficient (Wildman–Crippen LogP) is 4.49. The highest BCUT2D eigenvalue weighted by Crippen LogP contribution is 2.24. The molecule has 0 aliphatic rings. The molecule has 0 spiro atoms. The van der Waals surface area contributed by atoms with Gasteiger partial charge in [0.05, 0.1) is 0 Å². The van der Waals surface area contributed by atoms with Crippen LogP contribution < -0.4 is 0 Å². The van der Waals surface area contributed by atoms with Crippen LogP contribution in [0, 0.1) is 19.8 Å². The first-order valence-corrected chi connectivity index (χ1v) is 6.11. The van der Waals surface area contributed by atoms with Gasteiger partial charge in [-0.15, -0.1) is 0 Å². The highest BCUT2D eigenvalue weighted by atomic mass is 14.1. The Morgan fingerprint density at radius 2 is 1.59 bits per heavy atom. The molecule has 2 aromatic rings. The van der Waals surface area contributed by atoms with E-state index in [0.717, 1.165) is 6.42 Å². The summed E-state index contributed by atoms with van der Waals surface area (Å²) in [5, 5.41) is 0. The van der Waals surface area contributed by atoms with Crippen molar-refractivity contribution in [2.24, 2.45) is 0 Å². The number of rotatable bonds is 3. The van der Waals surface area contributed by atoms with Gasteiger partial charge >= 0.3 is 0 Å². The maximum Gasteiger partial charge on any atom is 0.00652 e. The standard InChI is InChI=1S/C17H19/c1-13-8-7-11-17(15(13)3)14(2)12-16-9-5-4-6-10-16/h4-11H,12H2,1-3H3. The molecule has 0 aliphatic carbocycles. The molecule has 0 saturated carbocycles. The zero-order valence-corrected chi connectivity index (χ0v) is 10.8. The largest absolute Gasteiger partial charge is 0.0622 e. The van der Waals surface area contributed by atoms with E-state index in [2.05, 4.69) is 69.3 Å². The van der Waals surface area contributed by atoms with Gasteiger partial charge in [0.2, 0.25) is 0 Å². The lowest BCUT2D eigenvalue weighted by atomic mass is 9.89. The molecule has 0 N–H and O–H groups in total. The molecule has 17 heavy (non-hydrogen) atoms. The van der Waals surface area contributed by atoms with E-state index < -0.39 is 0 Å². The fourth-order valence-electron chi connectivity index (χ4n) is 2.21. The summed E-state index contributed by atoms with van der Waals surface area (Å²) >= 11 is 0. The van der Waals surface area contributed by atoms with Crippen LogP contribution in [-0.4, -0.2) is 0 Å². The third kappa shape index (κ3) is 2.76. The van der Waals surface area contributed by atoms with Crippen LogP contribution in [0.2, 0.25) is 0 Å². The van der Waals surface area contributed by atoms with Crippen LogP contribution in [0.1, 0.15) is 29.2 Å². The first-order chi connectivity index (χ1) is 8.18.